The predicted molar refractivity (Wildman–Crippen MR) is 91.3 cm³/mol. The Bertz CT molecular complexity index is 652. The van der Waals surface area contributed by atoms with Crippen molar-refractivity contribution in [3.63, 3.8) is 0 Å². The van der Waals surface area contributed by atoms with E-state index in [0.717, 1.165) is 16.7 Å². The molecule has 2 aromatic carbocycles. The zero-order chi connectivity index (χ0) is 16.3. The minimum atomic E-state index is -0.243. The van der Waals surface area contributed by atoms with Crippen LogP contribution in [0.3, 0.4) is 0 Å². The number of rotatable bonds is 4. The molecule has 0 N–H and O–H groups in total. The molecule has 2 nitrogen and oxygen atoms in total. The van der Waals surface area contributed by atoms with Gasteiger partial charge < -0.3 is 4.74 Å². The Balaban J connectivity index is 2.46. The Morgan fingerprint density at radius 2 is 1.50 bits per heavy atom. The molecule has 0 saturated carbocycles. The van der Waals surface area contributed by atoms with E-state index in [1.165, 1.54) is 5.56 Å². The number of benzene rings is 2. The summed E-state index contributed by atoms with van der Waals surface area (Å²) in [5.41, 5.74) is 5.07. The van der Waals surface area contributed by atoms with Crippen molar-refractivity contribution in [1.29, 1.82) is 0 Å². The Labute approximate surface area is 133 Å². The van der Waals surface area contributed by atoms with E-state index in [2.05, 4.69) is 51.1 Å². The molecule has 0 heterocycles. The van der Waals surface area contributed by atoms with Crippen LogP contribution >= 0.6 is 0 Å². The second kappa shape index (κ2) is 6.78. The Kier molecular flexibility index (Phi) is 5.02. The number of carbonyl (C=O) groups excluding carboxylic acids is 1. The van der Waals surface area contributed by atoms with Crippen LogP contribution in [-0.4, -0.2) is 12.1 Å². The maximum absolute atomic E-state index is 12.4. The van der Waals surface area contributed by atoms with Gasteiger partial charge in [0.25, 0.3) is 0 Å². The fraction of sp³-hybridized carbons (Fsp3) is 0.350. The number of ether oxygens (including phenoxy) is 1. The summed E-state index contributed by atoms with van der Waals surface area (Å²) in [4.78, 5) is 12.4. The van der Waals surface area contributed by atoms with Gasteiger partial charge in [0.05, 0.1) is 11.7 Å². The summed E-state index contributed by atoms with van der Waals surface area (Å²) in [6.07, 6.45) is -0.115. The Morgan fingerprint density at radius 1 is 0.909 bits per heavy atom. The SMILES string of the molecule is Cc1ccc(-c2ccc(C(C)C)c(C(=O)OC(C)C)c2)cc1. The summed E-state index contributed by atoms with van der Waals surface area (Å²) in [7, 11) is 0. The molecular weight excluding hydrogens is 272 g/mol. The van der Waals surface area contributed by atoms with Crippen molar-refractivity contribution in [3.05, 3.63) is 59.2 Å². The van der Waals surface area contributed by atoms with Crippen LogP contribution in [0.15, 0.2) is 42.5 Å². The minimum Gasteiger partial charge on any atom is -0.459 e. The average molecular weight is 296 g/mol. The van der Waals surface area contributed by atoms with Crippen LogP contribution in [-0.2, 0) is 4.74 Å². The molecule has 0 unspecified atom stereocenters. The molecule has 0 aliphatic carbocycles. The molecule has 0 aromatic heterocycles. The first-order valence-corrected chi connectivity index (χ1v) is 7.80. The zero-order valence-corrected chi connectivity index (χ0v) is 14.0. The summed E-state index contributed by atoms with van der Waals surface area (Å²) in [6.45, 7) is 9.99. The summed E-state index contributed by atoms with van der Waals surface area (Å²) >= 11 is 0. The number of hydrogen-bond donors (Lipinski definition) is 0. The number of aryl methyl sites for hydroxylation is 1. The lowest BCUT2D eigenvalue weighted by Crippen LogP contribution is -2.14. The minimum absolute atomic E-state index is 0.115. The van der Waals surface area contributed by atoms with Gasteiger partial charge in [-0.05, 0) is 49.4 Å². The molecule has 0 amide bonds. The molecule has 2 rings (SSSR count). The molecule has 0 spiro atoms. The van der Waals surface area contributed by atoms with E-state index in [1.807, 2.05) is 26.0 Å². The van der Waals surface area contributed by atoms with E-state index in [0.29, 0.717) is 5.56 Å². The molecular formula is C20H24O2. The first kappa shape index (κ1) is 16.3. The van der Waals surface area contributed by atoms with Crippen molar-refractivity contribution < 1.29 is 9.53 Å². The van der Waals surface area contributed by atoms with Gasteiger partial charge in [0, 0.05) is 0 Å². The molecule has 0 radical (unpaired) electrons. The van der Waals surface area contributed by atoms with Crippen LogP contribution in [0.25, 0.3) is 11.1 Å². The van der Waals surface area contributed by atoms with E-state index >= 15 is 0 Å². The highest BCUT2D eigenvalue weighted by Gasteiger charge is 2.17. The van der Waals surface area contributed by atoms with Crippen LogP contribution in [0, 0.1) is 6.92 Å². The van der Waals surface area contributed by atoms with Crippen molar-refractivity contribution >= 4 is 5.97 Å². The summed E-state index contributed by atoms with van der Waals surface area (Å²) in [5.74, 6) is 0.0365. The van der Waals surface area contributed by atoms with E-state index in [4.69, 9.17) is 4.74 Å². The highest BCUT2D eigenvalue weighted by molar-refractivity contribution is 5.93. The third-order valence-electron chi connectivity index (χ3n) is 3.62. The van der Waals surface area contributed by atoms with Gasteiger partial charge in [-0.3, -0.25) is 0 Å². The van der Waals surface area contributed by atoms with Crippen LogP contribution in [0.4, 0.5) is 0 Å². The number of esters is 1. The van der Waals surface area contributed by atoms with Gasteiger partial charge in [-0.1, -0.05) is 55.8 Å². The maximum atomic E-state index is 12.4. The second-order valence-corrected chi connectivity index (χ2v) is 6.28. The topological polar surface area (TPSA) is 26.3 Å². The molecule has 0 aliphatic rings. The van der Waals surface area contributed by atoms with E-state index in [1.54, 1.807) is 0 Å². The van der Waals surface area contributed by atoms with Crippen molar-refractivity contribution in [1.82, 2.24) is 0 Å². The van der Waals surface area contributed by atoms with Crippen molar-refractivity contribution in [2.24, 2.45) is 0 Å². The molecule has 2 aromatic rings. The number of carbonyl (C=O) groups is 1. The molecule has 0 saturated heterocycles. The third kappa shape index (κ3) is 3.76. The molecule has 116 valence electrons. The molecule has 0 atom stereocenters. The Hall–Kier alpha value is -2.09. The summed E-state index contributed by atoms with van der Waals surface area (Å²) < 4.78 is 5.40. The normalized spacial score (nSPS) is 11.0. The van der Waals surface area contributed by atoms with Gasteiger partial charge >= 0.3 is 5.97 Å². The fourth-order valence-electron chi connectivity index (χ4n) is 2.44. The maximum Gasteiger partial charge on any atom is 0.338 e. The quantitative estimate of drug-likeness (QED) is 0.711. The summed E-state index contributed by atoms with van der Waals surface area (Å²) in [6, 6.07) is 14.4. The van der Waals surface area contributed by atoms with E-state index < -0.39 is 0 Å². The van der Waals surface area contributed by atoms with Gasteiger partial charge in [-0.15, -0.1) is 0 Å². The van der Waals surface area contributed by atoms with E-state index in [9.17, 15) is 4.79 Å². The van der Waals surface area contributed by atoms with Crippen molar-refractivity contribution in [2.45, 2.75) is 46.6 Å². The van der Waals surface area contributed by atoms with Gasteiger partial charge in [0.15, 0.2) is 0 Å². The van der Waals surface area contributed by atoms with Gasteiger partial charge in [0.1, 0.15) is 0 Å². The lowest BCUT2D eigenvalue weighted by atomic mass is 9.93. The van der Waals surface area contributed by atoms with Gasteiger partial charge in [-0.2, -0.15) is 0 Å². The smallest absolute Gasteiger partial charge is 0.338 e. The van der Waals surface area contributed by atoms with Crippen LogP contribution in [0.2, 0.25) is 0 Å². The Morgan fingerprint density at radius 3 is 2.05 bits per heavy atom. The fourth-order valence-corrected chi connectivity index (χ4v) is 2.44. The highest BCUT2D eigenvalue weighted by Crippen LogP contribution is 2.27. The zero-order valence-electron chi connectivity index (χ0n) is 14.0. The first-order chi connectivity index (χ1) is 10.4. The van der Waals surface area contributed by atoms with Gasteiger partial charge in [0.2, 0.25) is 0 Å². The molecule has 0 bridgehead atoms. The van der Waals surface area contributed by atoms with Gasteiger partial charge in [-0.25, -0.2) is 4.79 Å². The van der Waals surface area contributed by atoms with Crippen molar-refractivity contribution in [3.8, 4) is 11.1 Å². The lowest BCUT2D eigenvalue weighted by molar-refractivity contribution is 0.0376. The van der Waals surface area contributed by atoms with Crippen LogP contribution in [0.5, 0.6) is 0 Å². The van der Waals surface area contributed by atoms with Crippen LogP contribution < -0.4 is 0 Å². The highest BCUT2D eigenvalue weighted by atomic mass is 16.5. The molecule has 0 fully saturated rings. The second-order valence-electron chi connectivity index (χ2n) is 6.28. The molecule has 2 heteroatoms. The average Bonchev–Trinajstić information content (AvgIpc) is 2.46. The predicted octanol–water partition coefficient (Wildman–Crippen LogP) is 5.35. The summed E-state index contributed by atoms with van der Waals surface area (Å²) in [5, 5.41) is 0. The lowest BCUT2D eigenvalue weighted by Gasteiger charge is -2.15. The number of hydrogen-bond acceptors (Lipinski definition) is 2. The monoisotopic (exact) mass is 296 g/mol. The standard InChI is InChI=1S/C20H24O2/c1-13(2)18-11-10-17(16-8-6-15(5)7-9-16)12-19(18)20(21)22-14(3)4/h6-14H,1-5H3. The third-order valence-corrected chi connectivity index (χ3v) is 3.62. The first-order valence-electron chi connectivity index (χ1n) is 7.80. The van der Waals surface area contributed by atoms with E-state index in [-0.39, 0.29) is 18.0 Å². The van der Waals surface area contributed by atoms with Crippen LogP contribution in [0.1, 0.15) is 55.1 Å². The molecule has 22 heavy (non-hydrogen) atoms. The molecule has 0 aliphatic heterocycles. The van der Waals surface area contributed by atoms with Crippen molar-refractivity contribution in [2.75, 3.05) is 0 Å². The largest absolute Gasteiger partial charge is 0.459 e.